The summed E-state index contributed by atoms with van der Waals surface area (Å²) in [6.45, 7) is 10.0. The van der Waals surface area contributed by atoms with E-state index in [0.717, 1.165) is 23.1 Å². The molecule has 2 aromatic rings. The predicted octanol–water partition coefficient (Wildman–Crippen LogP) is 5.06. The van der Waals surface area contributed by atoms with Crippen LogP contribution in [0.25, 0.3) is 0 Å². The summed E-state index contributed by atoms with van der Waals surface area (Å²) in [7, 11) is 0. The van der Waals surface area contributed by atoms with Crippen LogP contribution in [-0.2, 0) is 16.1 Å². The zero-order valence-electron chi connectivity index (χ0n) is 19.1. The summed E-state index contributed by atoms with van der Waals surface area (Å²) >= 11 is 6.00. The maximum absolute atomic E-state index is 13.2. The van der Waals surface area contributed by atoms with Crippen LogP contribution in [0.2, 0.25) is 5.02 Å². The molecule has 0 unspecified atom stereocenters. The summed E-state index contributed by atoms with van der Waals surface area (Å²) in [5.74, 6) is 0.264. The third kappa shape index (κ3) is 7.59. The molecular formula is C25H33ClN2O3. The van der Waals surface area contributed by atoms with Gasteiger partial charge in [-0.2, -0.15) is 0 Å². The summed E-state index contributed by atoms with van der Waals surface area (Å²) in [5, 5.41) is 3.63. The van der Waals surface area contributed by atoms with Gasteiger partial charge < -0.3 is 15.0 Å². The third-order valence-corrected chi connectivity index (χ3v) is 5.46. The van der Waals surface area contributed by atoms with Gasteiger partial charge in [-0.1, -0.05) is 43.6 Å². The normalized spacial score (nSPS) is 12.7. The Bertz CT molecular complexity index is 863. The first-order chi connectivity index (χ1) is 14.7. The first-order valence-corrected chi connectivity index (χ1v) is 11.2. The molecule has 31 heavy (non-hydrogen) atoms. The molecule has 0 spiro atoms. The van der Waals surface area contributed by atoms with Crippen molar-refractivity contribution in [3.8, 4) is 5.75 Å². The van der Waals surface area contributed by atoms with Crippen LogP contribution < -0.4 is 10.1 Å². The molecule has 5 nitrogen and oxygen atoms in total. The van der Waals surface area contributed by atoms with Crippen LogP contribution in [0.15, 0.2) is 42.5 Å². The monoisotopic (exact) mass is 444 g/mol. The van der Waals surface area contributed by atoms with Crippen molar-refractivity contribution in [2.45, 2.75) is 66.1 Å². The van der Waals surface area contributed by atoms with Crippen molar-refractivity contribution in [1.29, 1.82) is 0 Å². The Balaban J connectivity index is 2.22. The number of aryl methyl sites for hydroxylation is 2. The Labute approximate surface area is 190 Å². The summed E-state index contributed by atoms with van der Waals surface area (Å²) < 4.78 is 5.80. The van der Waals surface area contributed by atoms with Gasteiger partial charge in [-0.3, -0.25) is 9.59 Å². The Morgan fingerprint density at radius 3 is 2.19 bits per heavy atom. The molecule has 0 fully saturated rings. The number of rotatable bonds is 10. The second kappa shape index (κ2) is 11.8. The fourth-order valence-electron chi connectivity index (χ4n) is 3.39. The van der Waals surface area contributed by atoms with Gasteiger partial charge in [-0.25, -0.2) is 0 Å². The smallest absolute Gasteiger partial charge is 0.261 e. The molecule has 0 aliphatic carbocycles. The van der Waals surface area contributed by atoms with E-state index >= 15 is 0 Å². The van der Waals surface area contributed by atoms with Gasteiger partial charge in [0.2, 0.25) is 5.91 Å². The molecule has 0 saturated heterocycles. The van der Waals surface area contributed by atoms with E-state index < -0.39 is 6.04 Å². The van der Waals surface area contributed by atoms with Gasteiger partial charge >= 0.3 is 0 Å². The van der Waals surface area contributed by atoms with Gasteiger partial charge in [0, 0.05) is 17.6 Å². The van der Waals surface area contributed by atoms with E-state index in [9.17, 15) is 9.59 Å². The molecule has 0 aliphatic rings. The minimum Gasteiger partial charge on any atom is -0.484 e. The number of nitrogens with one attached hydrogen (secondary N) is 1. The lowest BCUT2D eigenvalue weighted by molar-refractivity contribution is -0.143. The number of nitrogens with zero attached hydrogens (tertiary/aromatic N) is 1. The highest BCUT2D eigenvalue weighted by molar-refractivity contribution is 6.30. The fraction of sp³-hybridized carbons (Fsp3) is 0.440. The number of halogens is 1. The van der Waals surface area contributed by atoms with Crippen molar-refractivity contribution >= 4 is 23.4 Å². The van der Waals surface area contributed by atoms with Gasteiger partial charge in [-0.15, -0.1) is 0 Å². The number of carbonyl (C=O) groups is 2. The Morgan fingerprint density at radius 1 is 1.03 bits per heavy atom. The number of ether oxygens (including phenoxy) is 1. The molecule has 2 amide bonds. The minimum absolute atomic E-state index is 0.0422. The molecule has 2 aromatic carbocycles. The van der Waals surface area contributed by atoms with Crippen LogP contribution in [0.1, 0.15) is 50.3 Å². The Morgan fingerprint density at radius 2 is 1.65 bits per heavy atom. The van der Waals surface area contributed by atoms with E-state index in [2.05, 4.69) is 5.32 Å². The summed E-state index contributed by atoms with van der Waals surface area (Å²) in [4.78, 5) is 27.7. The molecule has 168 valence electrons. The van der Waals surface area contributed by atoms with Gasteiger partial charge in [0.15, 0.2) is 6.61 Å². The molecule has 0 aromatic heterocycles. The second-order valence-corrected chi connectivity index (χ2v) is 8.44. The topological polar surface area (TPSA) is 58.6 Å². The zero-order chi connectivity index (χ0) is 23.0. The highest BCUT2D eigenvalue weighted by Gasteiger charge is 2.29. The predicted molar refractivity (Wildman–Crippen MR) is 125 cm³/mol. The summed E-state index contributed by atoms with van der Waals surface area (Å²) in [6, 6.07) is 12.6. The van der Waals surface area contributed by atoms with Gasteiger partial charge in [0.25, 0.3) is 5.91 Å². The van der Waals surface area contributed by atoms with E-state index in [4.69, 9.17) is 16.3 Å². The molecule has 0 saturated carbocycles. The molecule has 0 heterocycles. The SMILES string of the molecule is CC[C@@H](C)NC(=O)[C@@H](CC)N(Cc1ccc(Cl)cc1)C(=O)COc1cc(C)cc(C)c1. The molecule has 0 radical (unpaired) electrons. The van der Waals surface area contributed by atoms with Gasteiger partial charge in [-0.05, 0) is 74.6 Å². The van der Waals surface area contributed by atoms with Crippen molar-refractivity contribution in [1.82, 2.24) is 10.2 Å². The number of hydrogen-bond acceptors (Lipinski definition) is 3. The largest absolute Gasteiger partial charge is 0.484 e. The first kappa shape index (κ1) is 24.7. The van der Waals surface area contributed by atoms with Crippen LogP contribution >= 0.6 is 11.6 Å². The molecule has 0 bridgehead atoms. The van der Waals surface area contributed by atoms with Gasteiger partial charge in [0.1, 0.15) is 11.8 Å². The Hall–Kier alpha value is -2.53. The first-order valence-electron chi connectivity index (χ1n) is 10.8. The van der Waals surface area contributed by atoms with Crippen molar-refractivity contribution in [3.05, 3.63) is 64.2 Å². The second-order valence-electron chi connectivity index (χ2n) is 8.00. The lowest BCUT2D eigenvalue weighted by Gasteiger charge is -2.31. The standard InChI is InChI=1S/C25H33ClN2O3/c1-6-19(5)27-25(30)23(7-2)28(15-20-8-10-21(26)11-9-20)24(29)16-31-22-13-17(3)12-18(4)14-22/h8-14,19,23H,6-7,15-16H2,1-5H3,(H,27,30)/t19-,23-/m1/s1. The number of hydrogen-bond donors (Lipinski definition) is 1. The average molecular weight is 445 g/mol. The van der Waals surface area contributed by atoms with Crippen molar-refractivity contribution < 1.29 is 14.3 Å². The number of benzene rings is 2. The van der Waals surface area contributed by atoms with Crippen molar-refractivity contribution in [2.75, 3.05) is 6.61 Å². The maximum atomic E-state index is 13.2. The van der Waals surface area contributed by atoms with Crippen LogP contribution in [0.5, 0.6) is 5.75 Å². The summed E-state index contributed by atoms with van der Waals surface area (Å²) in [5.41, 5.74) is 3.04. The molecule has 1 N–H and O–H groups in total. The Kier molecular flexibility index (Phi) is 9.38. The van der Waals surface area contributed by atoms with Crippen LogP contribution in [0, 0.1) is 13.8 Å². The lowest BCUT2D eigenvalue weighted by atomic mass is 10.1. The van der Waals surface area contributed by atoms with E-state index in [1.807, 2.05) is 65.0 Å². The quantitative estimate of drug-likeness (QED) is 0.557. The molecule has 2 rings (SSSR count). The highest BCUT2D eigenvalue weighted by atomic mass is 35.5. The van der Waals surface area contributed by atoms with Crippen LogP contribution in [0.4, 0.5) is 0 Å². The average Bonchev–Trinajstić information content (AvgIpc) is 2.72. The summed E-state index contributed by atoms with van der Waals surface area (Å²) in [6.07, 6.45) is 1.33. The van der Waals surface area contributed by atoms with E-state index in [-0.39, 0.29) is 24.5 Å². The molecule has 0 aliphatic heterocycles. The highest BCUT2D eigenvalue weighted by Crippen LogP contribution is 2.18. The lowest BCUT2D eigenvalue weighted by Crippen LogP contribution is -2.51. The van der Waals surface area contributed by atoms with E-state index in [1.165, 1.54) is 0 Å². The molecule has 2 atom stereocenters. The van der Waals surface area contributed by atoms with Crippen LogP contribution in [-0.4, -0.2) is 35.4 Å². The van der Waals surface area contributed by atoms with Gasteiger partial charge in [0.05, 0.1) is 0 Å². The third-order valence-electron chi connectivity index (χ3n) is 5.21. The molecule has 6 heteroatoms. The fourth-order valence-corrected chi connectivity index (χ4v) is 3.52. The maximum Gasteiger partial charge on any atom is 0.261 e. The van der Waals surface area contributed by atoms with E-state index in [1.54, 1.807) is 17.0 Å². The number of amides is 2. The zero-order valence-corrected chi connectivity index (χ0v) is 19.8. The van der Waals surface area contributed by atoms with Crippen molar-refractivity contribution in [2.24, 2.45) is 0 Å². The van der Waals surface area contributed by atoms with E-state index in [0.29, 0.717) is 23.7 Å². The number of carbonyl (C=O) groups excluding carboxylic acids is 2. The minimum atomic E-state index is -0.583. The van der Waals surface area contributed by atoms with Crippen molar-refractivity contribution in [3.63, 3.8) is 0 Å². The molecular weight excluding hydrogens is 412 g/mol. The van der Waals surface area contributed by atoms with Crippen LogP contribution in [0.3, 0.4) is 0 Å².